The van der Waals surface area contributed by atoms with Gasteiger partial charge < -0.3 is 15.2 Å². The lowest BCUT2D eigenvalue weighted by molar-refractivity contribution is 0.0697. The van der Waals surface area contributed by atoms with Crippen molar-refractivity contribution in [3.8, 4) is 5.75 Å². The Hall–Kier alpha value is -2.63. The molecule has 2 rings (SSSR count). The van der Waals surface area contributed by atoms with Gasteiger partial charge in [0.15, 0.2) is 5.82 Å². The molecule has 1 heterocycles. The van der Waals surface area contributed by atoms with Crippen molar-refractivity contribution in [2.24, 2.45) is 0 Å². The molecule has 6 heteroatoms. The molecule has 0 radical (unpaired) electrons. The normalized spacial score (nSPS) is 9.89. The van der Waals surface area contributed by atoms with Crippen LogP contribution in [-0.2, 0) is 0 Å². The predicted molar refractivity (Wildman–Crippen MR) is 69.4 cm³/mol. The Bertz CT molecular complexity index is 546. The van der Waals surface area contributed by atoms with E-state index in [9.17, 15) is 4.79 Å². The zero-order valence-electron chi connectivity index (χ0n) is 10.1. The molecule has 1 aromatic carbocycles. The van der Waals surface area contributed by atoms with Gasteiger partial charge in [-0.25, -0.2) is 4.79 Å². The predicted octanol–water partition coefficient (Wildman–Crippen LogP) is 1.67. The lowest BCUT2D eigenvalue weighted by Gasteiger charge is -2.08. The van der Waals surface area contributed by atoms with Gasteiger partial charge in [0.25, 0.3) is 0 Å². The summed E-state index contributed by atoms with van der Waals surface area (Å²) < 4.78 is 5.47. The number of hydrogen-bond donors (Lipinski definition) is 2. The van der Waals surface area contributed by atoms with E-state index in [1.807, 2.05) is 30.3 Å². The summed E-state index contributed by atoms with van der Waals surface area (Å²) in [5, 5.41) is 19.2. The summed E-state index contributed by atoms with van der Waals surface area (Å²) >= 11 is 0. The fraction of sp³-hybridized carbons (Fsp3) is 0.154. The lowest BCUT2D eigenvalue weighted by atomic mass is 10.3. The molecule has 0 saturated carbocycles. The first-order valence-corrected chi connectivity index (χ1v) is 5.74. The number of carboxylic acids is 1. The van der Waals surface area contributed by atoms with Crippen LogP contribution in [0.2, 0.25) is 0 Å². The van der Waals surface area contributed by atoms with Gasteiger partial charge in [0.2, 0.25) is 0 Å². The molecule has 0 bridgehead atoms. The molecule has 0 amide bonds. The van der Waals surface area contributed by atoms with Crippen molar-refractivity contribution in [3.63, 3.8) is 0 Å². The maximum atomic E-state index is 10.9. The number of aromatic carboxylic acids is 1. The van der Waals surface area contributed by atoms with Crippen LogP contribution in [0.1, 0.15) is 10.4 Å². The number of aromatic nitrogens is 2. The highest BCUT2D eigenvalue weighted by atomic mass is 16.5. The van der Waals surface area contributed by atoms with Crippen molar-refractivity contribution in [2.45, 2.75) is 0 Å². The molecule has 0 aliphatic carbocycles. The Kier molecular flexibility index (Phi) is 4.28. The van der Waals surface area contributed by atoms with Gasteiger partial charge in [-0.1, -0.05) is 18.2 Å². The summed E-state index contributed by atoms with van der Waals surface area (Å²) in [6.45, 7) is 0.841. The summed E-state index contributed by atoms with van der Waals surface area (Å²) in [7, 11) is 0. The van der Waals surface area contributed by atoms with Crippen LogP contribution in [0.5, 0.6) is 5.75 Å². The number of nitrogens with zero attached hydrogens (tertiary/aromatic N) is 2. The maximum Gasteiger partial charge on any atom is 0.339 e. The Labute approximate surface area is 110 Å². The van der Waals surface area contributed by atoms with Crippen molar-refractivity contribution in [1.82, 2.24) is 10.2 Å². The van der Waals surface area contributed by atoms with Crippen molar-refractivity contribution >= 4 is 11.8 Å². The molecule has 0 aliphatic rings. The summed E-state index contributed by atoms with van der Waals surface area (Å²) in [6.07, 6.45) is 1.34. The van der Waals surface area contributed by atoms with E-state index in [0.29, 0.717) is 13.2 Å². The van der Waals surface area contributed by atoms with Crippen molar-refractivity contribution in [3.05, 3.63) is 48.2 Å². The highest BCUT2D eigenvalue weighted by Gasteiger charge is 2.10. The van der Waals surface area contributed by atoms with E-state index in [1.165, 1.54) is 12.3 Å². The van der Waals surface area contributed by atoms with Gasteiger partial charge in [-0.05, 0) is 18.2 Å². The zero-order valence-corrected chi connectivity index (χ0v) is 10.1. The van der Waals surface area contributed by atoms with Crippen LogP contribution in [0.3, 0.4) is 0 Å². The Morgan fingerprint density at radius 3 is 2.79 bits per heavy atom. The summed E-state index contributed by atoms with van der Waals surface area (Å²) in [5.41, 5.74) is 0.0923. The fourth-order valence-electron chi connectivity index (χ4n) is 1.49. The fourth-order valence-corrected chi connectivity index (χ4v) is 1.49. The van der Waals surface area contributed by atoms with Crippen LogP contribution in [0, 0.1) is 0 Å². The van der Waals surface area contributed by atoms with E-state index < -0.39 is 5.97 Å². The highest BCUT2D eigenvalue weighted by molar-refractivity contribution is 5.92. The molecule has 2 N–H and O–H groups in total. The molecule has 1 aromatic heterocycles. The molecule has 0 atom stereocenters. The van der Waals surface area contributed by atoms with Crippen LogP contribution in [-0.4, -0.2) is 34.4 Å². The van der Waals surface area contributed by atoms with Gasteiger partial charge in [0, 0.05) is 0 Å². The topological polar surface area (TPSA) is 84.3 Å². The minimum absolute atomic E-state index is 0.0923. The number of carbonyl (C=O) groups is 1. The molecule has 0 spiro atoms. The second kappa shape index (κ2) is 6.34. The highest BCUT2D eigenvalue weighted by Crippen LogP contribution is 2.10. The molecular weight excluding hydrogens is 246 g/mol. The van der Waals surface area contributed by atoms with Gasteiger partial charge >= 0.3 is 5.97 Å². The van der Waals surface area contributed by atoms with Gasteiger partial charge in [0.05, 0.1) is 12.7 Å². The molecule has 0 fully saturated rings. The third-order valence-electron chi connectivity index (χ3n) is 2.36. The smallest absolute Gasteiger partial charge is 0.339 e. The quantitative estimate of drug-likeness (QED) is 0.767. The minimum Gasteiger partial charge on any atom is -0.492 e. The number of rotatable bonds is 6. The first-order chi connectivity index (χ1) is 9.27. The summed E-state index contributed by atoms with van der Waals surface area (Å²) in [5.74, 6) is -0.0325. The van der Waals surface area contributed by atoms with Crippen LogP contribution in [0.4, 0.5) is 5.82 Å². The molecule has 6 nitrogen and oxygen atoms in total. The Morgan fingerprint density at radius 1 is 1.26 bits per heavy atom. The number of benzene rings is 1. The van der Waals surface area contributed by atoms with Crippen molar-refractivity contribution in [1.29, 1.82) is 0 Å². The standard InChI is InChI=1S/C13H13N3O3/c17-13(18)11-6-7-15-16-12(11)14-8-9-19-10-4-2-1-3-5-10/h1-7H,8-9H2,(H,14,16)(H,17,18). The molecule has 2 aromatic rings. The molecule has 19 heavy (non-hydrogen) atoms. The third-order valence-corrected chi connectivity index (χ3v) is 2.36. The number of carboxylic acid groups (broad SMARTS) is 1. The number of para-hydroxylation sites is 1. The van der Waals surface area contributed by atoms with Crippen LogP contribution >= 0.6 is 0 Å². The molecular formula is C13H13N3O3. The monoisotopic (exact) mass is 259 g/mol. The molecule has 98 valence electrons. The van der Waals surface area contributed by atoms with Crippen LogP contribution in [0.15, 0.2) is 42.6 Å². The van der Waals surface area contributed by atoms with Crippen LogP contribution < -0.4 is 10.1 Å². The SMILES string of the molecule is O=C(O)c1ccnnc1NCCOc1ccccc1. The number of anilines is 1. The molecule has 0 aliphatic heterocycles. The van der Waals surface area contributed by atoms with E-state index in [-0.39, 0.29) is 11.4 Å². The first-order valence-electron chi connectivity index (χ1n) is 5.74. The lowest BCUT2D eigenvalue weighted by Crippen LogP contribution is -2.15. The van der Waals surface area contributed by atoms with Crippen LogP contribution in [0.25, 0.3) is 0 Å². The Balaban J connectivity index is 1.85. The average Bonchev–Trinajstić information content (AvgIpc) is 2.45. The van der Waals surface area contributed by atoms with Gasteiger partial charge in [-0.3, -0.25) is 0 Å². The second-order valence-electron chi connectivity index (χ2n) is 3.69. The van der Waals surface area contributed by atoms with Crippen molar-refractivity contribution < 1.29 is 14.6 Å². The summed E-state index contributed by atoms with van der Waals surface area (Å²) in [6, 6.07) is 10.8. The molecule has 0 saturated heterocycles. The second-order valence-corrected chi connectivity index (χ2v) is 3.69. The van der Waals surface area contributed by atoms with Gasteiger partial charge in [-0.2, -0.15) is 5.10 Å². The largest absolute Gasteiger partial charge is 0.492 e. The van der Waals surface area contributed by atoms with E-state index in [1.54, 1.807) is 0 Å². The zero-order chi connectivity index (χ0) is 13.5. The minimum atomic E-state index is -1.04. The average molecular weight is 259 g/mol. The molecule has 0 unspecified atom stereocenters. The van der Waals surface area contributed by atoms with Crippen molar-refractivity contribution in [2.75, 3.05) is 18.5 Å². The van der Waals surface area contributed by atoms with E-state index in [2.05, 4.69) is 15.5 Å². The van der Waals surface area contributed by atoms with E-state index in [0.717, 1.165) is 5.75 Å². The number of nitrogens with one attached hydrogen (secondary N) is 1. The number of hydrogen-bond acceptors (Lipinski definition) is 5. The van der Waals surface area contributed by atoms with Gasteiger partial charge in [-0.15, -0.1) is 5.10 Å². The van der Waals surface area contributed by atoms with E-state index in [4.69, 9.17) is 9.84 Å². The Morgan fingerprint density at radius 2 is 2.05 bits per heavy atom. The van der Waals surface area contributed by atoms with Gasteiger partial charge in [0.1, 0.15) is 17.9 Å². The summed E-state index contributed by atoms with van der Waals surface area (Å²) in [4.78, 5) is 10.9. The number of ether oxygens (including phenoxy) is 1. The van der Waals surface area contributed by atoms with E-state index >= 15 is 0 Å². The maximum absolute atomic E-state index is 10.9. The first kappa shape index (κ1) is 12.8. The third kappa shape index (κ3) is 3.67.